The molecule has 0 fully saturated rings. The highest BCUT2D eigenvalue weighted by Gasteiger charge is 2.07. The molecule has 0 bridgehead atoms. The van der Waals surface area contributed by atoms with Crippen molar-refractivity contribution in [2.45, 2.75) is 32.7 Å². The van der Waals surface area contributed by atoms with Crippen LogP contribution in [0.5, 0.6) is 0 Å². The van der Waals surface area contributed by atoms with Gasteiger partial charge in [0.1, 0.15) is 5.82 Å². The number of rotatable bonds is 5. The third-order valence-corrected chi connectivity index (χ3v) is 3.63. The Morgan fingerprint density at radius 1 is 1.15 bits per heavy atom. The Morgan fingerprint density at radius 3 is 2.45 bits per heavy atom. The molecule has 0 spiro atoms. The van der Waals surface area contributed by atoms with Crippen LogP contribution in [0, 0.1) is 5.82 Å². The summed E-state index contributed by atoms with van der Waals surface area (Å²) in [5, 5.41) is 3.42. The lowest BCUT2D eigenvalue weighted by Crippen LogP contribution is -2.06. The molecular weight excluding hydrogens is 273 g/mol. The molecule has 0 saturated carbocycles. The highest BCUT2D eigenvalue weighted by Crippen LogP contribution is 2.23. The number of anilines is 1. The molecule has 0 aliphatic rings. The van der Waals surface area contributed by atoms with E-state index in [1.165, 1.54) is 17.2 Å². The SMILES string of the molecule is CCCc1ccc(C(C)Nc2ccc(Cl)c(F)c2)cc1. The van der Waals surface area contributed by atoms with Crippen LogP contribution < -0.4 is 5.32 Å². The number of hydrogen-bond donors (Lipinski definition) is 1. The quantitative estimate of drug-likeness (QED) is 0.755. The summed E-state index contributed by atoms with van der Waals surface area (Å²) < 4.78 is 13.4. The summed E-state index contributed by atoms with van der Waals surface area (Å²) in [5.74, 6) is -0.401. The van der Waals surface area contributed by atoms with Crippen molar-refractivity contribution >= 4 is 17.3 Å². The largest absolute Gasteiger partial charge is 0.378 e. The number of benzene rings is 2. The number of hydrogen-bond acceptors (Lipinski definition) is 1. The van der Waals surface area contributed by atoms with Crippen LogP contribution in [-0.2, 0) is 6.42 Å². The zero-order valence-electron chi connectivity index (χ0n) is 11.8. The molecule has 106 valence electrons. The summed E-state index contributed by atoms with van der Waals surface area (Å²) in [4.78, 5) is 0. The van der Waals surface area contributed by atoms with Crippen molar-refractivity contribution in [3.05, 3.63) is 64.4 Å². The fraction of sp³-hybridized carbons (Fsp3) is 0.294. The zero-order valence-corrected chi connectivity index (χ0v) is 12.5. The maximum Gasteiger partial charge on any atom is 0.143 e. The molecule has 1 nitrogen and oxygen atoms in total. The Balaban J connectivity index is 2.06. The van der Waals surface area contributed by atoms with Gasteiger partial charge in [-0.1, -0.05) is 49.2 Å². The smallest absolute Gasteiger partial charge is 0.143 e. The van der Waals surface area contributed by atoms with Crippen LogP contribution in [0.15, 0.2) is 42.5 Å². The van der Waals surface area contributed by atoms with Gasteiger partial charge in [0, 0.05) is 11.7 Å². The van der Waals surface area contributed by atoms with E-state index in [1.807, 2.05) is 0 Å². The molecule has 3 heteroatoms. The second-order valence-electron chi connectivity index (χ2n) is 4.99. The van der Waals surface area contributed by atoms with Crippen molar-refractivity contribution in [2.75, 3.05) is 5.32 Å². The molecule has 0 aliphatic heterocycles. The fourth-order valence-corrected chi connectivity index (χ4v) is 2.30. The van der Waals surface area contributed by atoms with Crippen molar-refractivity contribution < 1.29 is 4.39 Å². The summed E-state index contributed by atoms with van der Waals surface area (Å²) in [6, 6.07) is 13.4. The average molecular weight is 292 g/mol. The van der Waals surface area contributed by atoms with Crippen molar-refractivity contribution in [3.8, 4) is 0 Å². The molecule has 0 saturated heterocycles. The molecule has 2 rings (SSSR count). The van der Waals surface area contributed by atoms with Gasteiger partial charge in [-0.15, -0.1) is 0 Å². The van der Waals surface area contributed by atoms with E-state index in [0.717, 1.165) is 18.5 Å². The Labute approximate surface area is 124 Å². The van der Waals surface area contributed by atoms with Crippen molar-refractivity contribution in [2.24, 2.45) is 0 Å². The first kappa shape index (κ1) is 14.9. The average Bonchev–Trinajstić information content (AvgIpc) is 2.44. The normalized spacial score (nSPS) is 12.2. The zero-order chi connectivity index (χ0) is 14.5. The second-order valence-corrected chi connectivity index (χ2v) is 5.39. The molecule has 0 radical (unpaired) electrons. The van der Waals surface area contributed by atoms with E-state index in [4.69, 9.17) is 11.6 Å². The minimum Gasteiger partial charge on any atom is -0.378 e. The summed E-state index contributed by atoms with van der Waals surface area (Å²) >= 11 is 5.68. The molecule has 20 heavy (non-hydrogen) atoms. The van der Waals surface area contributed by atoms with Gasteiger partial charge in [0.05, 0.1) is 5.02 Å². The molecule has 0 amide bonds. The molecule has 2 aromatic rings. The van der Waals surface area contributed by atoms with Crippen LogP contribution >= 0.6 is 11.6 Å². The molecule has 1 unspecified atom stereocenters. The van der Waals surface area contributed by atoms with Crippen LogP contribution in [-0.4, -0.2) is 0 Å². The molecule has 1 N–H and O–H groups in total. The van der Waals surface area contributed by atoms with E-state index < -0.39 is 5.82 Å². The molecule has 0 aromatic heterocycles. The highest BCUT2D eigenvalue weighted by atomic mass is 35.5. The van der Waals surface area contributed by atoms with Gasteiger partial charge in [-0.05, 0) is 42.7 Å². The third kappa shape index (κ3) is 3.73. The number of nitrogens with one attached hydrogen (secondary N) is 1. The second kappa shape index (κ2) is 6.76. The van der Waals surface area contributed by atoms with Gasteiger partial charge in [0.15, 0.2) is 0 Å². The van der Waals surface area contributed by atoms with Crippen molar-refractivity contribution in [1.29, 1.82) is 0 Å². The van der Waals surface area contributed by atoms with Gasteiger partial charge in [0.2, 0.25) is 0 Å². The maximum atomic E-state index is 13.4. The monoisotopic (exact) mass is 291 g/mol. The standard InChI is InChI=1S/C17H19ClFN/c1-3-4-13-5-7-14(8-6-13)12(2)20-15-9-10-16(18)17(19)11-15/h5-12,20H,3-4H2,1-2H3. The predicted octanol–water partition coefficient (Wildman–Crippen LogP) is 5.60. The minimum absolute atomic E-state index is 0.117. The van der Waals surface area contributed by atoms with E-state index in [2.05, 4.69) is 43.4 Å². The van der Waals surface area contributed by atoms with Crippen LogP contribution in [0.25, 0.3) is 0 Å². The lowest BCUT2D eigenvalue weighted by atomic mass is 10.0. The Hall–Kier alpha value is -1.54. The van der Waals surface area contributed by atoms with Crippen LogP contribution in [0.2, 0.25) is 5.02 Å². The van der Waals surface area contributed by atoms with Crippen LogP contribution in [0.4, 0.5) is 10.1 Å². The summed E-state index contributed by atoms with van der Waals surface area (Å²) in [6.45, 7) is 4.23. The molecule has 2 aromatic carbocycles. The van der Waals surface area contributed by atoms with Gasteiger partial charge in [-0.25, -0.2) is 4.39 Å². The lowest BCUT2D eigenvalue weighted by molar-refractivity contribution is 0.628. The predicted molar refractivity (Wildman–Crippen MR) is 83.9 cm³/mol. The van der Waals surface area contributed by atoms with Gasteiger partial charge in [-0.3, -0.25) is 0 Å². The Kier molecular flexibility index (Phi) is 5.02. The highest BCUT2D eigenvalue weighted by molar-refractivity contribution is 6.30. The van der Waals surface area contributed by atoms with E-state index >= 15 is 0 Å². The molecule has 1 atom stereocenters. The maximum absolute atomic E-state index is 13.4. The molecular formula is C17H19ClFN. The first-order valence-corrected chi connectivity index (χ1v) is 7.28. The summed E-state index contributed by atoms with van der Waals surface area (Å²) in [5.41, 5.74) is 3.26. The van der Waals surface area contributed by atoms with Gasteiger partial charge in [0.25, 0.3) is 0 Å². The van der Waals surface area contributed by atoms with Crippen LogP contribution in [0.3, 0.4) is 0 Å². The Morgan fingerprint density at radius 2 is 1.85 bits per heavy atom. The van der Waals surface area contributed by atoms with E-state index in [9.17, 15) is 4.39 Å². The molecule has 0 aliphatic carbocycles. The van der Waals surface area contributed by atoms with E-state index in [0.29, 0.717) is 0 Å². The van der Waals surface area contributed by atoms with Gasteiger partial charge < -0.3 is 5.32 Å². The van der Waals surface area contributed by atoms with E-state index in [1.54, 1.807) is 12.1 Å². The fourth-order valence-electron chi connectivity index (χ4n) is 2.18. The molecule has 0 heterocycles. The van der Waals surface area contributed by atoms with Gasteiger partial charge in [-0.2, -0.15) is 0 Å². The number of aryl methyl sites for hydroxylation is 1. The third-order valence-electron chi connectivity index (χ3n) is 3.32. The summed E-state index contributed by atoms with van der Waals surface area (Å²) in [6.07, 6.45) is 2.25. The van der Waals surface area contributed by atoms with Crippen molar-refractivity contribution in [1.82, 2.24) is 0 Å². The Bertz CT molecular complexity index is 566. The van der Waals surface area contributed by atoms with E-state index in [-0.39, 0.29) is 11.1 Å². The summed E-state index contributed by atoms with van der Waals surface area (Å²) in [7, 11) is 0. The number of halogens is 2. The van der Waals surface area contributed by atoms with Gasteiger partial charge >= 0.3 is 0 Å². The lowest BCUT2D eigenvalue weighted by Gasteiger charge is -2.16. The van der Waals surface area contributed by atoms with Crippen molar-refractivity contribution in [3.63, 3.8) is 0 Å². The minimum atomic E-state index is -0.401. The van der Waals surface area contributed by atoms with Crippen LogP contribution in [0.1, 0.15) is 37.4 Å². The first-order valence-electron chi connectivity index (χ1n) is 6.90. The first-order chi connectivity index (χ1) is 9.60. The topological polar surface area (TPSA) is 12.0 Å².